The Hall–Kier alpha value is -2.20. The molecule has 1 atom stereocenters. The van der Waals surface area contributed by atoms with Crippen LogP contribution in [0.2, 0.25) is 5.02 Å². The minimum Gasteiger partial charge on any atom is -0.497 e. The van der Waals surface area contributed by atoms with Crippen molar-refractivity contribution in [1.29, 1.82) is 0 Å². The van der Waals surface area contributed by atoms with Gasteiger partial charge in [0.1, 0.15) is 11.5 Å². The molecule has 0 spiro atoms. The summed E-state index contributed by atoms with van der Waals surface area (Å²) in [5.41, 5.74) is 1.13. The first-order chi connectivity index (χ1) is 11.1. The highest BCUT2D eigenvalue weighted by atomic mass is 35.5. The summed E-state index contributed by atoms with van der Waals surface area (Å²) >= 11 is 5.89. The molecule has 0 aliphatic carbocycles. The number of amides is 1. The Morgan fingerprint density at radius 3 is 2.57 bits per heavy atom. The monoisotopic (exact) mass is 333 g/mol. The number of hydrogen-bond acceptors (Lipinski definition) is 3. The molecule has 0 bridgehead atoms. The van der Waals surface area contributed by atoms with E-state index in [4.69, 9.17) is 21.1 Å². The van der Waals surface area contributed by atoms with Crippen LogP contribution in [0.3, 0.4) is 0 Å². The molecule has 2 rings (SSSR count). The molecule has 4 nitrogen and oxygen atoms in total. The summed E-state index contributed by atoms with van der Waals surface area (Å²) in [4.78, 5) is 12.0. The highest BCUT2D eigenvalue weighted by molar-refractivity contribution is 6.30. The topological polar surface area (TPSA) is 47.6 Å². The predicted octanol–water partition coefficient (Wildman–Crippen LogP) is 3.47. The van der Waals surface area contributed by atoms with Crippen LogP contribution >= 0.6 is 11.6 Å². The molecule has 0 radical (unpaired) electrons. The largest absolute Gasteiger partial charge is 0.497 e. The van der Waals surface area contributed by atoms with Crippen LogP contribution in [0.5, 0.6) is 11.5 Å². The van der Waals surface area contributed by atoms with Crippen molar-refractivity contribution in [2.24, 2.45) is 0 Å². The van der Waals surface area contributed by atoms with Crippen molar-refractivity contribution in [2.75, 3.05) is 13.7 Å². The average Bonchev–Trinajstić information content (AvgIpc) is 2.55. The number of carbonyl (C=O) groups is 1. The van der Waals surface area contributed by atoms with E-state index in [-0.39, 0.29) is 5.91 Å². The van der Waals surface area contributed by atoms with Gasteiger partial charge >= 0.3 is 0 Å². The number of ether oxygens (including phenoxy) is 2. The Labute approximate surface area is 141 Å². The van der Waals surface area contributed by atoms with Crippen LogP contribution in [0.15, 0.2) is 48.5 Å². The van der Waals surface area contributed by atoms with Crippen molar-refractivity contribution in [3.8, 4) is 11.5 Å². The molecule has 1 amide bonds. The minimum absolute atomic E-state index is 0.154. The molecule has 0 aliphatic heterocycles. The van der Waals surface area contributed by atoms with E-state index in [0.29, 0.717) is 17.3 Å². The Morgan fingerprint density at radius 2 is 1.91 bits per heavy atom. The van der Waals surface area contributed by atoms with Gasteiger partial charge in [0, 0.05) is 11.6 Å². The van der Waals surface area contributed by atoms with Crippen molar-refractivity contribution in [1.82, 2.24) is 5.32 Å². The molecule has 122 valence electrons. The van der Waals surface area contributed by atoms with E-state index in [1.807, 2.05) is 24.3 Å². The number of benzene rings is 2. The Kier molecular flexibility index (Phi) is 6.29. The van der Waals surface area contributed by atoms with Crippen molar-refractivity contribution >= 4 is 17.5 Å². The van der Waals surface area contributed by atoms with Crippen molar-refractivity contribution in [2.45, 2.75) is 19.4 Å². The van der Waals surface area contributed by atoms with Gasteiger partial charge in [-0.3, -0.25) is 4.79 Å². The molecule has 0 saturated heterocycles. The lowest BCUT2D eigenvalue weighted by atomic mass is 10.1. The third-order valence-corrected chi connectivity index (χ3v) is 3.59. The first kappa shape index (κ1) is 17.2. The zero-order chi connectivity index (χ0) is 16.7. The summed E-state index contributed by atoms with van der Waals surface area (Å²) in [5.74, 6) is 1.25. The van der Waals surface area contributed by atoms with Crippen LogP contribution < -0.4 is 14.8 Å². The Balaban J connectivity index is 1.77. The zero-order valence-electron chi connectivity index (χ0n) is 13.2. The molecule has 23 heavy (non-hydrogen) atoms. The minimum atomic E-state index is -0.579. The fourth-order valence-corrected chi connectivity index (χ4v) is 2.24. The lowest BCUT2D eigenvalue weighted by molar-refractivity contribution is -0.127. The van der Waals surface area contributed by atoms with E-state index in [0.717, 1.165) is 17.7 Å². The third-order valence-electron chi connectivity index (χ3n) is 3.35. The Morgan fingerprint density at radius 1 is 1.17 bits per heavy atom. The lowest BCUT2D eigenvalue weighted by Gasteiger charge is -2.15. The zero-order valence-corrected chi connectivity index (χ0v) is 14.0. The quantitative estimate of drug-likeness (QED) is 0.844. The molecule has 5 heteroatoms. The van der Waals surface area contributed by atoms with Crippen molar-refractivity contribution < 1.29 is 14.3 Å². The van der Waals surface area contributed by atoms with Gasteiger partial charge in [-0.15, -0.1) is 0 Å². The second kappa shape index (κ2) is 8.44. The van der Waals surface area contributed by atoms with E-state index in [9.17, 15) is 4.79 Å². The van der Waals surface area contributed by atoms with Gasteiger partial charge in [-0.05, 0) is 49.2 Å². The smallest absolute Gasteiger partial charge is 0.260 e. The molecule has 2 aromatic rings. The van der Waals surface area contributed by atoms with Gasteiger partial charge < -0.3 is 14.8 Å². The molecular formula is C18H20ClNO3. The van der Waals surface area contributed by atoms with Crippen LogP contribution in [-0.4, -0.2) is 25.7 Å². The van der Waals surface area contributed by atoms with E-state index >= 15 is 0 Å². The SMILES string of the molecule is COc1ccc(CCNC(=O)[C@H](C)Oc2cccc(Cl)c2)cc1. The molecular weight excluding hydrogens is 314 g/mol. The first-order valence-corrected chi connectivity index (χ1v) is 7.79. The Bertz CT molecular complexity index is 643. The fourth-order valence-electron chi connectivity index (χ4n) is 2.06. The second-order valence-corrected chi connectivity index (χ2v) is 5.54. The van der Waals surface area contributed by atoms with Gasteiger partial charge in [0.2, 0.25) is 0 Å². The van der Waals surface area contributed by atoms with Gasteiger partial charge in [-0.25, -0.2) is 0 Å². The van der Waals surface area contributed by atoms with E-state index in [2.05, 4.69) is 5.32 Å². The fraction of sp³-hybridized carbons (Fsp3) is 0.278. The van der Waals surface area contributed by atoms with Gasteiger partial charge in [0.05, 0.1) is 7.11 Å². The van der Waals surface area contributed by atoms with Gasteiger partial charge in [-0.1, -0.05) is 29.8 Å². The van der Waals surface area contributed by atoms with Gasteiger partial charge in [-0.2, -0.15) is 0 Å². The standard InChI is InChI=1S/C18H20ClNO3/c1-13(23-17-5-3-4-15(19)12-17)18(21)20-11-10-14-6-8-16(22-2)9-7-14/h3-9,12-13H,10-11H2,1-2H3,(H,20,21)/t13-/m0/s1. The van der Waals surface area contributed by atoms with Crippen LogP contribution in [0.1, 0.15) is 12.5 Å². The summed E-state index contributed by atoms with van der Waals surface area (Å²) in [6.07, 6.45) is 0.170. The first-order valence-electron chi connectivity index (χ1n) is 7.41. The maximum absolute atomic E-state index is 12.0. The molecule has 0 fully saturated rings. The number of rotatable bonds is 7. The number of hydrogen-bond donors (Lipinski definition) is 1. The van der Waals surface area contributed by atoms with Crippen molar-refractivity contribution in [3.05, 3.63) is 59.1 Å². The summed E-state index contributed by atoms with van der Waals surface area (Å²) in [7, 11) is 1.64. The van der Waals surface area contributed by atoms with Gasteiger partial charge in [0.15, 0.2) is 6.10 Å². The lowest BCUT2D eigenvalue weighted by Crippen LogP contribution is -2.37. The highest BCUT2D eigenvalue weighted by Gasteiger charge is 2.14. The maximum Gasteiger partial charge on any atom is 0.260 e. The molecule has 0 saturated carbocycles. The average molecular weight is 334 g/mol. The highest BCUT2D eigenvalue weighted by Crippen LogP contribution is 2.18. The van der Waals surface area contributed by atoms with Crippen LogP contribution in [0.25, 0.3) is 0 Å². The summed E-state index contributed by atoms with van der Waals surface area (Å²) < 4.78 is 10.7. The molecule has 1 N–H and O–H groups in total. The van der Waals surface area contributed by atoms with Crippen LogP contribution in [-0.2, 0) is 11.2 Å². The van der Waals surface area contributed by atoms with Gasteiger partial charge in [0.25, 0.3) is 5.91 Å². The normalized spacial score (nSPS) is 11.6. The number of carbonyl (C=O) groups excluding carboxylic acids is 1. The number of nitrogens with one attached hydrogen (secondary N) is 1. The van der Waals surface area contributed by atoms with Crippen LogP contribution in [0.4, 0.5) is 0 Å². The molecule has 0 heterocycles. The molecule has 0 aliphatic rings. The van der Waals surface area contributed by atoms with Crippen molar-refractivity contribution in [3.63, 3.8) is 0 Å². The van der Waals surface area contributed by atoms with Crippen LogP contribution in [0, 0.1) is 0 Å². The summed E-state index contributed by atoms with van der Waals surface area (Å²) in [6, 6.07) is 14.8. The van der Waals surface area contributed by atoms with E-state index < -0.39 is 6.10 Å². The number of halogens is 1. The molecule has 2 aromatic carbocycles. The molecule has 0 aromatic heterocycles. The summed E-state index contributed by atoms with van der Waals surface area (Å²) in [5, 5.41) is 3.44. The third kappa shape index (κ3) is 5.49. The predicted molar refractivity (Wildman–Crippen MR) is 91.2 cm³/mol. The molecule has 0 unspecified atom stereocenters. The van der Waals surface area contributed by atoms with E-state index in [1.165, 1.54) is 0 Å². The summed E-state index contributed by atoms with van der Waals surface area (Å²) in [6.45, 7) is 2.26. The maximum atomic E-state index is 12.0. The number of methoxy groups -OCH3 is 1. The second-order valence-electron chi connectivity index (χ2n) is 5.11. The van der Waals surface area contributed by atoms with E-state index in [1.54, 1.807) is 38.3 Å².